The molecule has 1 aromatic carbocycles. The van der Waals surface area contributed by atoms with Gasteiger partial charge < -0.3 is 10.1 Å². The maximum atomic E-state index is 13.3. The van der Waals surface area contributed by atoms with Gasteiger partial charge in [0.15, 0.2) is 5.60 Å². The maximum absolute atomic E-state index is 13.3. The van der Waals surface area contributed by atoms with Gasteiger partial charge in [0.1, 0.15) is 11.6 Å². The monoisotopic (exact) mass is 301 g/mol. The molecular weight excluding hydrogens is 289 g/mol. The molecule has 0 aliphatic carbocycles. The highest BCUT2D eigenvalue weighted by Crippen LogP contribution is 2.39. The van der Waals surface area contributed by atoms with Crippen molar-refractivity contribution in [2.45, 2.75) is 32.3 Å². The lowest BCUT2D eigenvalue weighted by Gasteiger charge is -2.36. The molecular formula is C12H13BrFNO2. The second-order valence-electron chi connectivity index (χ2n) is 4.02. The highest BCUT2D eigenvalue weighted by Gasteiger charge is 2.41. The third-order valence-corrected chi connectivity index (χ3v) is 3.74. The van der Waals surface area contributed by atoms with Gasteiger partial charge in [0.25, 0.3) is 5.91 Å². The third kappa shape index (κ3) is 1.92. The van der Waals surface area contributed by atoms with E-state index in [0.29, 0.717) is 28.8 Å². The van der Waals surface area contributed by atoms with E-state index in [1.54, 1.807) is 6.07 Å². The number of anilines is 1. The van der Waals surface area contributed by atoms with E-state index in [1.165, 1.54) is 6.07 Å². The number of ether oxygens (including phenoxy) is 1. The Labute approximate surface area is 107 Å². The number of amides is 1. The SMILES string of the molecule is CCC1(CC)Oc2cc(Br)c(F)cc2NC1=O. The van der Waals surface area contributed by atoms with Gasteiger partial charge in [-0.1, -0.05) is 13.8 Å². The van der Waals surface area contributed by atoms with Crippen LogP contribution < -0.4 is 10.1 Å². The van der Waals surface area contributed by atoms with Crippen molar-refractivity contribution in [2.24, 2.45) is 0 Å². The summed E-state index contributed by atoms with van der Waals surface area (Å²) < 4.78 is 19.4. The molecule has 1 amide bonds. The molecule has 5 heteroatoms. The molecule has 0 saturated carbocycles. The summed E-state index contributed by atoms with van der Waals surface area (Å²) in [7, 11) is 0. The second-order valence-corrected chi connectivity index (χ2v) is 4.87. The van der Waals surface area contributed by atoms with Gasteiger partial charge in [-0.05, 0) is 34.8 Å². The molecule has 1 heterocycles. The zero-order valence-corrected chi connectivity index (χ0v) is 11.2. The van der Waals surface area contributed by atoms with Crippen LogP contribution >= 0.6 is 15.9 Å². The summed E-state index contributed by atoms with van der Waals surface area (Å²) in [5, 5.41) is 2.70. The van der Waals surface area contributed by atoms with Crippen LogP contribution in [-0.2, 0) is 4.79 Å². The predicted molar refractivity (Wildman–Crippen MR) is 66.7 cm³/mol. The van der Waals surface area contributed by atoms with E-state index in [9.17, 15) is 9.18 Å². The van der Waals surface area contributed by atoms with Crippen LogP contribution in [0.4, 0.5) is 10.1 Å². The Balaban J connectivity index is 2.47. The number of halogens is 2. The highest BCUT2D eigenvalue weighted by atomic mass is 79.9. The summed E-state index contributed by atoms with van der Waals surface area (Å²) in [6, 6.07) is 2.80. The van der Waals surface area contributed by atoms with E-state index in [4.69, 9.17) is 4.74 Å². The molecule has 0 atom stereocenters. The standard InChI is InChI=1S/C12H13BrFNO2/c1-3-12(4-2)11(16)15-9-6-8(14)7(13)5-10(9)17-12/h5-6H,3-4H2,1-2H3,(H,15,16). The fourth-order valence-electron chi connectivity index (χ4n) is 1.92. The molecule has 0 aromatic heterocycles. The van der Waals surface area contributed by atoms with Gasteiger partial charge in [-0.2, -0.15) is 0 Å². The van der Waals surface area contributed by atoms with E-state index in [0.717, 1.165) is 0 Å². The highest BCUT2D eigenvalue weighted by molar-refractivity contribution is 9.10. The summed E-state index contributed by atoms with van der Waals surface area (Å²) in [5.41, 5.74) is -0.460. The molecule has 0 unspecified atom stereocenters. The minimum absolute atomic E-state index is 0.211. The second kappa shape index (κ2) is 4.29. The summed E-state index contributed by atoms with van der Waals surface area (Å²) in [6.07, 6.45) is 1.15. The first kappa shape index (κ1) is 12.4. The maximum Gasteiger partial charge on any atom is 0.268 e. The van der Waals surface area contributed by atoms with Crippen molar-refractivity contribution < 1.29 is 13.9 Å². The number of carbonyl (C=O) groups excluding carboxylic acids is 1. The van der Waals surface area contributed by atoms with Crippen LogP contribution in [0, 0.1) is 5.82 Å². The Morgan fingerprint density at radius 2 is 2.06 bits per heavy atom. The van der Waals surface area contributed by atoms with Gasteiger partial charge in [-0.25, -0.2) is 4.39 Å². The van der Waals surface area contributed by atoms with Gasteiger partial charge in [0.05, 0.1) is 10.2 Å². The van der Waals surface area contributed by atoms with Gasteiger partial charge in [0, 0.05) is 6.07 Å². The molecule has 3 nitrogen and oxygen atoms in total. The van der Waals surface area contributed by atoms with Crippen molar-refractivity contribution >= 4 is 27.5 Å². The van der Waals surface area contributed by atoms with Crippen LogP contribution in [0.2, 0.25) is 0 Å². The number of rotatable bonds is 2. The number of hydrogen-bond acceptors (Lipinski definition) is 2. The lowest BCUT2D eigenvalue weighted by Crippen LogP contribution is -2.49. The minimum Gasteiger partial charge on any atom is -0.475 e. The summed E-state index contributed by atoms with van der Waals surface area (Å²) >= 11 is 3.10. The first-order valence-electron chi connectivity index (χ1n) is 5.52. The average molecular weight is 302 g/mol. The van der Waals surface area contributed by atoms with E-state index < -0.39 is 11.4 Å². The molecule has 2 rings (SSSR count). The van der Waals surface area contributed by atoms with Crippen LogP contribution in [0.25, 0.3) is 0 Å². The summed E-state index contributed by atoms with van der Waals surface area (Å²) in [6.45, 7) is 3.79. The minimum atomic E-state index is -0.843. The zero-order chi connectivity index (χ0) is 12.6. The van der Waals surface area contributed by atoms with Crippen LogP contribution in [-0.4, -0.2) is 11.5 Å². The van der Waals surface area contributed by atoms with Crippen LogP contribution in [0.1, 0.15) is 26.7 Å². The van der Waals surface area contributed by atoms with Crippen molar-refractivity contribution in [3.8, 4) is 5.75 Å². The number of hydrogen-bond donors (Lipinski definition) is 1. The van der Waals surface area contributed by atoms with Crippen molar-refractivity contribution in [2.75, 3.05) is 5.32 Å². The van der Waals surface area contributed by atoms with Gasteiger partial charge in [-0.3, -0.25) is 4.79 Å². The van der Waals surface area contributed by atoms with E-state index in [2.05, 4.69) is 21.2 Å². The molecule has 17 heavy (non-hydrogen) atoms. The Morgan fingerprint density at radius 3 is 2.65 bits per heavy atom. The third-order valence-electron chi connectivity index (χ3n) is 3.13. The smallest absolute Gasteiger partial charge is 0.268 e. The Kier molecular flexibility index (Phi) is 3.12. The number of nitrogens with one attached hydrogen (secondary N) is 1. The van der Waals surface area contributed by atoms with Crippen LogP contribution in [0.15, 0.2) is 16.6 Å². The lowest BCUT2D eigenvalue weighted by atomic mass is 9.94. The van der Waals surface area contributed by atoms with E-state index in [-0.39, 0.29) is 5.91 Å². The molecule has 1 aliphatic rings. The summed E-state index contributed by atoms with van der Waals surface area (Å²) in [5.74, 6) is -0.133. The average Bonchev–Trinajstić information content (AvgIpc) is 2.31. The zero-order valence-electron chi connectivity index (χ0n) is 9.64. The molecule has 1 N–H and O–H groups in total. The molecule has 0 radical (unpaired) electrons. The van der Waals surface area contributed by atoms with Crippen LogP contribution in [0.5, 0.6) is 5.75 Å². The van der Waals surface area contributed by atoms with Gasteiger partial charge in [-0.15, -0.1) is 0 Å². The van der Waals surface area contributed by atoms with E-state index >= 15 is 0 Å². The Bertz CT molecular complexity index is 472. The number of benzene rings is 1. The van der Waals surface area contributed by atoms with Gasteiger partial charge >= 0.3 is 0 Å². The molecule has 0 saturated heterocycles. The molecule has 0 spiro atoms. The van der Waals surface area contributed by atoms with Crippen molar-refractivity contribution in [1.29, 1.82) is 0 Å². The normalized spacial score (nSPS) is 17.1. The van der Waals surface area contributed by atoms with Crippen molar-refractivity contribution in [3.63, 3.8) is 0 Å². The molecule has 92 valence electrons. The Hall–Kier alpha value is -1.10. The van der Waals surface area contributed by atoms with Crippen molar-refractivity contribution in [3.05, 3.63) is 22.4 Å². The Morgan fingerprint density at radius 1 is 1.41 bits per heavy atom. The predicted octanol–water partition coefficient (Wildman–Crippen LogP) is 3.48. The molecule has 1 aliphatic heterocycles. The molecule has 0 bridgehead atoms. The van der Waals surface area contributed by atoms with E-state index in [1.807, 2.05) is 13.8 Å². The topological polar surface area (TPSA) is 38.3 Å². The molecule has 1 aromatic rings. The van der Waals surface area contributed by atoms with Crippen LogP contribution in [0.3, 0.4) is 0 Å². The van der Waals surface area contributed by atoms with Crippen molar-refractivity contribution in [1.82, 2.24) is 0 Å². The molecule has 0 fully saturated rings. The fraction of sp³-hybridized carbons (Fsp3) is 0.417. The first-order valence-corrected chi connectivity index (χ1v) is 6.31. The van der Waals surface area contributed by atoms with Gasteiger partial charge in [0.2, 0.25) is 0 Å². The number of carbonyl (C=O) groups is 1. The fourth-order valence-corrected chi connectivity index (χ4v) is 2.24. The quantitative estimate of drug-likeness (QED) is 0.908. The number of fused-ring (bicyclic) bond motifs is 1. The first-order chi connectivity index (χ1) is 8.02. The largest absolute Gasteiger partial charge is 0.475 e. The summed E-state index contributed by atoms with van der Waals surface area (Å²) in [4.78, 5) is 12.0. The lowest BCUT2D eigenvalue weighted by molar-refractivity contribution is -0.133.